The molecule has 1 aromatic rings. The van der Waals surface area contributed by atoms with Crippen LogP contribution in [-0.2, 0) is 4.79 Å². The number of carbonyl (C=O) groups excluding carboxylic acids is 2. The third-order valence-electron chi connectivity index (χ3n) is 1.47. The maximum absolute atomic E-state index is 11.2. The van der Waals surface area contributed by atoms with Crippen molar-refractivity contribution in [3.63, 3.8) is 0 Å². The first kappa shape index (κ1) is 11.5. The van der Waals surface area contributed by atoms with Crippen molar-refractivity contribution in [2.75, 3.05) is 18.9 Å². The molecule has 0 saturated heterocycles. The highest BCUT2D eigenvalue weighted by Gasteiger charge is 2.02. The molecule has 1 amide bonds. The minimum atomic E-state index is -0.256. The molecular weight excluding hydrogens is 214 g/mol. The number of carbonyl (C=O) groups is 2. The van der Waals surface area contributed by atoms with Crippen LogP contribution in [0.5, 0.6) is 0 Å². The lowest BCUT2D eigenvalue weighted by molar-refractivity contribution is -0.111. The summed E-state index contributed by atoms with van der Waals surface area (Å²) >= 11 is 1.19. The van der Waals surface area contributed by atoms with Crippen LogP contribution in [0.3, 0.4) is 0 Å². The number of anilines is 1. The van der Waals surface area contributed by atoms with Gasteiger partial charge >= 0.3 is 0 Å². The smallest absolute Gasteiger partial charge is 0.249 e. The van der Waals surface area contributed by atoms with Gasteiger partial charge in [0, 0.05) is 18.0 Å². The molecule has 0 saturated carbocycles. The van der Waals surface area contributed by atoms with Crippen molar-refractivity contribution in [1.29, 1.82) is 0 Å². The SMILES string of the molecule is CNC/C=C/C(=O)Nc1csc(C=O)n1. The lowest BCUT2D eigenvalue weighted by Gasteiger charge is -1.95. The molecule has 0 unspecified atom stereocenters. The van der Waals surface area contributed by atoms with E-state index in [0.29, 0.717) is 23.7 Å². The maximum atomic E-state index is 11.2. The number of hydrogen-bond acceptors (Lipinski definition) is 5. The van der Waals surface area contributed by atoms with Gasteiger partial charge in [-0.3, -0.25) is 9.59 Å². The van der Waals surface area contributed by atoms with E-state index in [1.807, 2.05) is 0 Å². The minimum Gasteiger partial charge on any atom is -0.316 e. The van der Waals surface area contributed by atoms with Crippen LogP contribution in [0.1, 0.15) is 9.80 Å². The van der Waals surface area contributed by atoms with Crippen molar-refractivity contribution in [1.82, 2.24) is 10.3 Å². The lowest BCUT2D eigenvalue weighted by Crippen LogP contribution is -2.10. The van der Waals surface area contributed by atoms with Crippen LogP contribution in [-0.4, -0.2) is 30.8 Å². The molecule has 5 nitrogen and oxygen atoms in total. The average molecular weight is 225 g/mol. The van der Waals surface area contributed by atoms with Crippen molar-refractivity contribution in [2.24, 2.45) is 0 Å². The molecule has 0 fully saturated rings. The van der Waals surface area contributed by atoms with Crippen molar-refractivity contribution in [3.8, 4) is 0 Å². The molecule has 0 aromatic carbocycles. The molecule has 0 aliphatic heterocycles. The number of aldehydes is 1. The van der Waals surface area contributed by atoms with E-state index < -0.39 is 0 Å². The summed E-state index contributed by atoms with van der Waals surface area (Å²) in [7, 11) is 1.79. The van der Waals surface area contributed by atoms with Crippen LogP contribution in [0.15, 0.2) is 17.5 Å². The third kappa shape index (κ3) is 4.01. The molecule has 1 aromatic heterocycles. The normalized spacial score (nSPS) is 10.5. The fourth-order valence-corrected chi connectivity index (χ4v) is 1.40. The second-order valence-corrected chi connectivity index (χ2v) is 3.53. The quantitative estimate of drug-likeness (QED) is 0.570. The van der Waals surface area contributed by atoms with Crippen LogP contribution >= 0.6 is 11.3 Å². The summed E-state index contributed by atoms with van der Waals surface area (Å²) < 4.78 is 0. The van der Waals surface area contributed by atoms with Gasteiger partial charge in [0.25, 0.3) is 0 Å². The molecule has 1 heterocycles. The molecule has 80 valence electrons. The Hall–Kier alpha value is -1.53. The summed E-state index contributed by atoms with van der Waals surface area (Å²) in [6, 6.07) is 0. The Labute approximate surface area is 91.2 Å². The average Bonchev–Trinajstić information content (AvgIpc) is 2.66. The van der Waals surface area contributed by atoms with E-state index in [1.165, 1.54) is 17.4 Å². The van der Waals surface area contributed by atoms with E-state index in [1.54, 1.807) is 18.5 Å². The molecule has 15 heavy (non-hydrogen) atoms. The number of hydrogen-bond donors (Lipinski definition) is 2. The topological polar surface area (TPSA) is 71.1 Å². The lowest BCUT2D eigenvalue weighted by atomic mass is 10.4. The Morgan fingerprint density at radius 3 is 3.07 bits per heavy atom. The van der Waals surface area contributed by atoms with Crippen molar-refractivity contribution < 1.29 is 9.59 Å². The van der Waals surface area contributed by atoms with Gasteiger partial charge in [-0.15, -0.1) is 11.3 Å². The predicted octanol–water partition coefficient (Wildman–Crippen LogP) is 0.670. The Morgan fingerprint density at radius 1 is 1.67 bits per heavy atom. The molecule has 0 atom stereocenters. The second kappa shape index (κ2) is 6.05. The largest absolute Gasteiger partial charge is 0.316 e. The fourth-order valence-electron chi connectivity index (χ4n) is 0.851. The highest BCUT2D eigenvalue weighted by Crippen LogP contribution is 2.11. The molecule has 0 bridgehead atoms. The van der Waals surface area contributed by atoms with E-state index in [-0.39, 0.29) is 5.91 Å². The van der Waals surface area contributed by atoms with Gasteiger partial charge in [0.15, 0.2) is 11.3 Å². The van der Waals surface area contributed by atoms with E-state index in [4.69, 9.17) is 0 Å². The summed E-state index contributed by atoms with van der Waals surface area (Å²) in [4.78, 5) is 25.4. The summed E-state index contributed by atoms with van der Waals surface area (Å²) in [5.41, 5.74) is 0. The van der Waals surface area contributed by atoms with Crippen LogP contribution < -0.4 is 10.6 Å². The molecule has 0 aliphatic carbocycles. The van der Waals surface area contributed by atoms with Crippen molar-refractivity contribution in [3.05, 3.63) is 22.5 Å². The highest BCUT2D eigenvalue weighted by atomic mass is 32.1. The first-order valence-electron chi connectivity index (χ1n) is 4.29. The first-order valence-corrected chi connectivity index (χ1v) is 5.17. The van der Waals surface area contributed by atoms with Crippen LogP contribution in [0.25, 0.3) is 0 Å². The van der Waals surface area contributed by atoms with Gasteiger partial charge in [0.1, 0.15) is 5.82 Å². The van der Waals surface area contributed by atoms with E-state index in [2.05, 4.69) is 15.6 Å². The summed E-state index contributed by atoms with van der Waals surface area (Å²) in [5.74, 6) is 0.147. The Bertz CT molecular complexity index is 373. The zero-order valence-electron chi connectivity index (χ0n) is 8.19. The Balaban J connectivity index is 2.47. The first-order chi connectivity index (χ1) is 7.26. The molecule has 2 N–H and O–H groups in total. The second-order valence-electron chi connectivity index (χ2n) is 2.64. The number of nitrogens with zero attached hydrogens (tertiary/aromatic N) is 1. The summed E-state index contributed by atoms with van der Waals surface area (Å²) in [6.07, 6.45) is 3.76. The maximum Gasteiger partial charge on any atom is 0.249 e. The Morgan fingerprint density at radius 2 is 2.47 bits per heavy atom. The van der Waals surface area contributed by atoms with Gasteiger partial charge in [-0.1, -0.05) is 6.08 Å². The van der Waals surface area contributed by atoms with Crippen LogP contribution in [0.4, 0.5) is 5.82 Å². The number of nitrogens with one attached hydrogen (secondary N) is 2. The van der Waals surface area contributed by atoms with Gasteiger partial charge in [-0.25, -0.2) is 4.98 Å². The van der Waals surface area contributed by atoms with Gasteiger partial charge in [0.05, 0.1) is 0 Å². The number of rotatable bonds is 5. The highest BCUT2D eigenvalue weighted by molar-refractivity contribution is 7.11. The zero-order valence-corrected chi connectivity index (χ0v) is 9.00. The molecule has 0 aliphatic rings. The molecule has 0 radical (unpaired) electrons. The van der Waals surface area contributed by atoms with E-state index in [9.17, 15) is 9.59 Å². The molecule has 1 rings (SSSR count). The number of aromatic nitrogens is 1. The Kier molecular flexibility index (Phi) is 4.65. The van der Waals surface area contributed by atoms with Crippen LogP contribution in [0, 0.1) is 0 Å². The predicted molar refractivity (Wildman–Crippen MR) is 59.2 cm³/mol. The standard InChI is InChI=1S/C9H11N3O2S/c1-10-4-2-3-8(14)11-7-6-15-9(5-13)12-7/h2-3,5-6,10H,4H2,1H3,(H,11,14)/b3-2+. The number of amides is 1. The van der Waals surface area contributed by atoms with Gasteiger partial charge in [0.2, 0.25) is 5.91 Å². The van der Waals surface area contributed by atoms with Crippen LogP contribution in [0.2, 0.25) is 0 Å². The van der Waals surface area contributed by atoms with E-state index >= 15 is 0 Å². The van der Waals surface area contributed by atoms with Crippen molar-refractivity contribution >= 4 is 29.3 Å². The third-order valence-corrected chi connectivity index (χ3v) is 2.24. The zero-order chi connectivity index (χ0) is 11.1. The summed E-state index contributed by atoms with van der Waals surface area (Å²) in [6.45, 7) is 0.629. The van der Waals surface area contributed by atoms with Crippen molar-refractivity contribution in [2.45, 2.75) is 0 Å². The minimum absolute atomic E-state index is 0.256. The molecule has 0 spiro atoms. The van der Waals surface area contributed by atoms with Gasteiger partial charge in [-0.2, -0.15) is 0 Å². The van der Waals surface area contributed by atoms with Gasteiger partial charge in [-0.05, 0) is 7.05 Å². The fraction of sp³-hybridized carbons (Fsp3) is 0.222. The summed E-state index contributed by atoms with van der Waals surface area (Å²) in [5, 5.41) is 7.39. The molecule has 6 heteroatoms. The van der Waals surface area contributed by atoms with Gasteiger partial charge < -0.3 is 10.6 Å². The molecular formula is C9H11N3O2S. The number of likely N-dealkylation sites (N-methyl/N-ethyl adjacent to an activating group) is 1. The van der Waals surface area contributed by atoms with E-state index in [0.717, 1.165) is 0 Å². The number of thiazole rings is 1. The monoisotopic (exact) mass is 225 g/mol.